The fraction of sp³-hybridized carbons (Fsp3) is 0.211. The molecule has 0 radical (unpaired) electrons. The Labute approximate surface area is 183 Å². The lowest BCUT2D eigenvalue weighted by Crippen LogP contribution is -1.99. The summed E-state index contributed by atoms with van der Waals surface area (Å²) in [5, 5.41) is 14.7. The van der Waals surface area contributed by atoms with Gasteiger partial charge in [0.05, 0.1) is 18.4 Å². The van der Waals surface area contributed by atoms with E-state index in [-0.39, 0.29) is 0 Å². The standard InChI is InChI=1S/C19H17BrN4OS3/c1-24-17(9-14-4-3-7-26-14)22-23-19(24)28-11-13-10-27-18(21-13)15-8-12(20)5-6-16(15)25-2/h3-8,10H,9,11H2,1-2H3. The second kappa shape index (κ2) is 8.77. The van der Waals surface area contributed by atoms with E-state index in [1.54, 1.807) is 41.5 Å². The van der Waals surface area contributed by atoms with Crippen molar-refractivity contribution < 1.29 is 4.74 Å². The Kier molecular flexibility index (Phi) is 6.15. The lowest BCUT2D eigenvalue weighted by Gasteiger charge is -2.06. The number of methoxy groups -OCH3 is 1. The molecule has 0 spiro atoms. The van der Waals surface area contributed by atoms with Gasteiger partial charge in [0.2, 0.25) is 0 Å². The van der Waals surface area contributed by atoms with Gasteiger partial charge in [-0.2, -0.15) is 0 Å². The Morgan fingerprint density at radius 2 is 2.11 bits per heavy atom. The molecule has 4 aromatic rings. The lowest BCUT2D eigenvalue weighted by atomic mass is 10.2. The van der Waals surface area contributed by atoms with Crippen molar-refractivity contribution in [1.82, 2.24) is 19.7 Å². The molecule has 5 nitrogen and oxygen atoms in total. The maximum atomic E-state index is 5.47. The number of aromatic nitrogens is 4. The number of hydrogen-bond acceptors (Lipinski definition) is 7. The Morgan fingerprint density at radius 1 is 1.21 bits per heavy atom. The summed E-state index contributed by atoms with van der Waals surface area (Å²) in [5.74, 6) is 2.55. The number of benzene rings is 1. The molecule has 0 saturated carbocycles. The molecule has 1 aromatic carbocycles. The minimum atomic E-state index is 0.748. The van der Waals surface area contributed by atoms with Gasteiger partial charge in [-0.1, -0.05) is 33.8 Å². The van der Waals surface area contributed by atoms with Crippen molar-refractivity contribution in [1.29, 1.82) is 0 Å². The van der Waals surface area contributed by atoms with Crippen LogP contribution in [-0.4, -0.2) is 26.9 Å². The molecule has 0 aliphatic heterocycles. The van der Waals surface area contributed by atoms with Crippen LogP contribution in [0.4, 0.5) is 0 Å². The summed E-state index contributed by atoms with van der Waals surface area (Å²) in [6, 6.07) is 10.1. The van der Waals surface area contributed by atoms with E-state index < -0.39 is 0 Å². The minimum Gasteiger partial charge on any atom is -0.496 e. The lowest BCUT2D eigenvalue weighted by molar-refractivity contribution is 0.416. The van der Waals surface area contributed by atoms with E-state index in [0.29, 0.717) is 0 Å². The quantitative estimate of drug-likeness (QED) is 0.311. The van der Waals surface area contributed by atoms with Crippen molar-refractivity contribution in [2.45, 2.75) is 17.3 Å². The second-order valence-corrected chi connectivity index (χ2v) is 9.74. The Hall–Kier alpha value is -1.68. The van der Waals surface area contributed by atoms with E-state index in [4.69, 9.17) is 9.72 Å². The smallest absolute Gasteiger partial charge is 0.191 e. The third-order valence-electron chi connectivity index (χ3n) is 4.13. The molecule has 0 aliphatic rings. The van der Waals surface area contributed by atoms with E-state index in [0.717, 1.165) is 49.6 Å². The average molecular weight is 493 g/mol. The summed E-state index contributed by atoms with van der Waals surface area (Å²) in [6.07, 6.45) is 0.811. The fourth-order valence-electron chi connectivity index (χ4n) is 2.68. The predicted molar refractivity (Wildman–Crippen MR) is 119 cm³/mol. The number of nitrogens with zero attached hydrogens (tertiary/aromatic N) is 4. The highest BCUT2D eigenvalue weighted by atomic mass is 79.9. The van der Waals surface area contributed by atoms with Crippen LogP contribution in [0.1, 0.15) is 16.4 Å². The molecule has 0 fully saturated rings. The zero-order valence-electron chi connectivity index (χ0n) is 15.3. The maximum Gasteiger partial charge on any atom is 0.191 e. The molecule has 144 valence electrons. The first-order chi connectivity index (χ1) is 13.6. The Balaban J connectivity index is 1.46. The number of rotatable bonds is 7. The van der Waals surface area contributed by atoms with Gasteiger partial charge in [0.1, 0.15) is 16.6 Å². The van der Waals surface area contributed by atoms with Crippen molar-refractivity contribution in [2.24, 2.45) is 7.05 Å². The topological polar surface area (TPSA) is 52.8 Å². The summed E-state index contributed by atoms with van der Waals surface area (Å²) < 4.78 is 8.55. The first-order valence-electron chi connectivity index (χ1n) is 8.46. The van der Waals surface area contributed by atoms with Gasteiger partial charge in [0.25, 0.3) is 0 Å². The van der Waals surface area contributed by atoms with Crippen LogP contribution in [0.5, 0.6) is 5.75 Å². The maximum absolute atomic E-state index is 5.47. The van der Waals surface area contributed by atoms with Crippen LogP contribution in [-0.2, 0) is 19.2 Å². The van der Waals surface area contributed by atoms with E-state index in [9.17, 15) is 0 Å². The highest BCUT2D eigenvalue weighted by Gasteiger charge is 2.14. The monoisotopic (exact) mass is 492 g/mol. The SMILES string of the molecule is COc1ccc(Br)cc1-c1nc(CSc2nnc(Cc3cccs3)n2C)cs1. The van der Waals surface area contributed by atoms with Gasteiger partial charge < -0.3 is 9.30 Å². The van der Waals surface area contributed by atoms with E-state index in [1.807, 2.05) is 25.2 Å². The molecule has 0 bridgehead atoms. The second-order valence-electron chi connectivity index (χ2n) is 5.99. The first-order valence-corrected chi connectivity index (χ1v) is 12.0. The molecule has 0 aliphatic carbocycles. The predicted octanol–water partition coefficient (Wildman–Crippen LogP) is 5.65. The summed E-state index contributed by atoms with van der Waals surface area (Å²) in [4.78, 5) is 6.07. The molecule has 0 unspecified atom stereocenters. The van der Waals surface area contributed by atoms with Crippen LogP contribution in [0.2, 0.25) is 0 Å². The zero-order valence-corrected chi connectivity index (χ0v) is 19.3. The summed E-state index contributed by atoms with van der Waals surface area (Å²) in [5.41, 5.74) is 2.02. The number of hydrogen-bond donors (Lipinski definition) is 0. The van der Waals surface area contributed by atoms with Crippen molar-refractivity contribution in [2.75, 3.05) is 7.11 Å². The molecule has 0 atom stereocenters. The largest absolute Gasteiger partial charge is 0.496 e. The molecule has 0 amide bonds. The van der Waals surface area contributed by atoms with Crippen LogP contribution < -0.4 is 4.74 Å². The van der Waals surface area contributed by atoms with Crippen LogP contribution in [0.3, 0.4) is 0 Å². The highest BCUT2D eigenvalue weighted by molar-refractivity contribution is 9.10. The van der Waals surface area contributed by atoms with E-state index in [2.05, 4.69) is 53.6 Å². The van der Waals surface area contributed by atoms with Crippen molar-refractivity contribution in [3.63, 3.8) is 0 Å². The molecule has 3 heterocycles. The van der Waals surface area contributed by atoms with Gasteiger partial charge in [0.15, 0.2) is 5.16 Å². The molecule has 9 heteroatoms. The third-order valence-corrected chi connectivity index (χ3v) is 7.48. The van der Waals surface area contributed by atoms with Gasteiger partial charge in [-0.15, -0.1) is 32.9 Å². The average Bonchev–Trinajstić information content (AvgIpc) is 3.44. The van der Waals surface area contributed by atoms with Crippen molar-refractivity contribution >= 4 is 50.4 Å². The molecule has 3 aromatic heterocycles. The molecule has 0 saturated heterocycles. The van der Waals surface area contributed by atoms with Crippen molar-refractivity contribution in [3.05, 3.63) is 62.0 Å². The Bertz CT molecular complexity index is 1070. The fourth-order valence-corrected chi connectivity index (χ4v) is 5.51. The van der Waals surface area contributed by atoms with Gasteiger partial charge >= 0.3 is 0 Å². The summed E-state index contributed by atoms with van der Waals surface area (Å²) in [7, 11) is 3.70. The van der Waals surface area contributed by atoms with Gasteiger partial charge in [-0.05, 0) is 29.6 Å². The number of ether oxygens (including phenoxy) is 1. The first kappa shape index (κ1) is 19.6. The van der Waals surface area contributed by atoms with Crippen LogP contribution >= 0.6 is 50.4 Å². The van der Waals surface area contributed by atoms with E-state index >= 15 is 0 Å². The van der Waals surface area contributed by atoms with Gasteiger partial charge in [-0.3, -0.25) is 0 Å². The molecule has 0 N–H and O–H groups in total. The van der Waals surface area contributed by atoms with Crippen LogP contribution in [0.15, 0.2) is 50.7 Å². The molecule has 4 rings (SSSR count). The number of thiophene rings is 1. The zero-order chi connectivity index (χ0) is 19.5. The molecule has 28 heavy (non-hydrogen) atoms. The normalized spacial score (nSPS) is 11.1. The third kappa shape index (κ3) is 4.32. The van der Waals surface area contributed by atoms with Crippen molar-refractivity contribution in [3.8, 4) is 16.3 Å². The highest BCUT2D eigenvalue weighted by Crippen LogP contribution is 2.35. The van der Waals surface area contributed by atoms with Gasteiger partial charge in [0, 0.05) is 34.0 Å². The number of thiazole rings is 1. The number of halogens is 1. The number of thioether (sulfide) groups is 1. The van der Waals surface area contributed by atoms with Crippen LogP contribution in [0.25, 0.3) is 10.6 Å². The molecular formula is C19H17BrN4OS3. The Morgan fingerprint density at radius 3 is 2.89 bits per heavy atom. The van der Waals surface area contributed by atoms with Crippen LogP contribution in [0, 0.1) is 0 Å². The minimum absolute atomic E-state index is 0.748. The van der Waals surface area contributed by atoms with E-state index in [1.165, 1.54) is 4.88 Å². The summed E-state index contributed by atoms with van der Waals surface area (Å²) in [6.45, 7) is 0. The van der Waals surface area contributed by atoms with Gasteiger partial charge in [-0.25, -0.2) is 4.98 Å². The summed E-state index contributed by atoms with van der Waals surface area (Å²) >= 11 is 8.54. The molecular weight excluding hydrogens is 476 g/mol.